The van der Waals surface area contributed by atoms with E-state index in [2.05, 4.69) is 48.8 Å². The largest absolute Gasteiger partial charge is 0.349 e. The van der Waals surface area contributed by atoms with Crippen LogP contribution >= 0.6 is 11.7 Å². The van der Waals surface area contributed by atoms with Crippen LogP contribution < -0.4 is 5.32 Å². The van der Waals surface area contributed by atoms with Gasteiger partial charge in [0.25, 0.3) is 0 Å². The number of hydrogen-bond donors (Lipinski definition) is 1. The van der Waals surface area contributed by atoms with Gasteiger partial charge in [0.15, 0.2) is 0 Å². The zero-order valence-corrected chi connectivity index (χ0v) is 13.6. The molecule has 1 aromatic carbocycles. The summed E-state index contributed by atoms with van der Waals surface area (Å²) < 4.78 is 10.7. The second-order valence-corrected chi connectivity index (χ2v) is 6.29. The van der Waals surface area contributed by atoms with Crippen molar-refractivity contribution in [2.24, 2.45) is 0 Å². The number of aromatic nitrogens is 3. The number of amides is 1. The molecule has 0 spiro atoms. The molecule has 0 aliphatic carbocycles. The van der Waals surface area contributed by atoms with E-state index in [4.69, 9.17) is 0 Å². The van der Waals surface area contributed by atoms with Crippen molar-refractivity contribution in [1.82, 2.24) is 18.2 Å². The Balaban J connectivity index is 1.48. The van der Waals surface area contributed by atoms with Crippen molar-refractivity contribution >= 4 is 34.4 Å². The first-order valence-electron chi connectivity index (χ1n) is 7.62. The highest BCUT2D eigenvalue weighted by Crippen LogP contribution is 2.25. The maximum Gasteiger partial charge on any atom is 0.238 e. The Morgan fingerprint density at radius 3 is 3.13 bits per heavy atom. The molecule has 2 aromatic heterocycles. The maximum atomic E-state index is 12.4. The first-order valence-corrected chi connectivity index (χ1v) is 8.35. The average molecular weight is 327 g/mol. The molecular formula is C16H17N5OS. The Hall–Kier alpha value is -2.25. The molecule has 1 unspecified atom stereocenters. The van der Waals surface area contributed by atoms with Crippen LogP contribution in [0.2, 0.25) is 0 Å². The molecule has 118 valence electrons. The Bertz CT molecular complexity index is 855. The number of anilines is 1. The second-order valence-electron chi connectivity index (χ2n) is 5.76. The van der Waals surface area contributed by atoms with Crippen LogP contribution in [0.15, 0.2) is 36.5 Å². The number of benzene rings is 1. The minimum absolute atomic E-state index is 0.0163. The fourth-order valence-electron chi connectivity index (χ4n) is 3.12. The zero-order chi connectivity index (χ0) is 15.8. The Morgan fingerprint density at radius 1 is 1.30 bits per heavy atom. The third-order valence-electron chi connectivity index (χ3n) is 4.38. The van der Waals surface area contributed by atoms with Gasteiger partial charge in [-0.3, -0.25) is 9.69 Å². The van der Waals surface area contributed by atoms with Crippen LogP contribution in [0, 0.1) is 0 Å². The highest BCUT2D eigenvalue weighted by molar-refractivity contribution is 7.00. The topological polar surface area (TPSA) is 63.1 Å². The monoisotopic (exact) mass is 327 g/mol. The summed E-state index contributed by atoms with van der Waals surface area (Å²) in [7, 11) is 0. The van der Waals surface area contributed by atoms with E-state index in [1.165, 1.54) is 5.69 Å². The summed E-state index contributed by atoms with van der Waals surface area (Å²) in [4.78, 5) is 14.6. The summed E-state index contributed by atoms with van der Waals surface area (Å²) in [6.07, 6.45) is 2.10. The van der Waals surface area contributed by atoms with Gasteiger partial charge < -0.3 is 9.88 Å². The van der Waals surface area contributed by atoms with Crippen LogP contribution in [0.4, 0.5) is 5.69 Å². The molecule has 1 aliphatic heterocycles. The molecule has 0 saturated heterocycles. The summed E-state index contributed by atoms with van der Waals surface area (Å²) in [5.74, 6) is -0.0163. The summed E-state index contributed by atoms with van der Waals surface area (Å²) >= 11 is 1.16. The van der Waals surface area contributed by atoms with Gasteiger partial charge in [-0.25, -0.2) is 0 Å². The van der Waals surface area contributed by atoms with Gasteiger partial charge in [0, 0.05) is 31.0 Å². The first kappa shape index (κ1) is 14.3. The number of carbonyl (C=O) groups excluding carboxylic acids is 1. The van der Waals surface area contributed by atoms with Crippen molar-refractivity contribution in [3.05, 3.63) is 42.2 Å². The lowest BCUT2D eigenvalue weighted by atomic mass is 10.1. The third-order valence-corrected chi connectivity index (χ3v) is 4.92. The van der Waals surface area contributed by atoms with E-state index in [1.807, 2.05) is 18.2 Å². The van der Waals surface area contributed by atoms with Crippen LogP contribution in [0.5, 0.6) is 0 Å². The summed E-state index contributed by atoms with van der Waals surface area (Å²) in [5, 5.41) is 2.97. The molecule has 1 amide bonds. The van der Waals surface area contributed by atoms with E-state index in [1.54, 1.807) is 0 Å². The molecule has 23 heavy (non-hydrogen) atoms. The summed E-state index contributed by atoms with van der Waals surface area (Å²) in [6.45, 7) is 4.31. The Kier molecular flexibility index (Phi) is 3.59. The van der Waals surface area contributed by atoms with Crippen LogP contribution in [-0.4, -0.2) is 37.2 Å². The van der Waals surface area contributed by atoms with Gasteiger partial charge in [0.05, 0.1) is 24.0 Å². The van der Waals surface area contributed by atoms with Gasteiger partial charge in [0.2, 0.25) is 5.91 Å². The van der Waals surface area contributed by atoms with Gasteiger partial charge in [-0.1, -0.05) is 6.07 Å². The first-order chi connectivity index (χ1) is 11.2. The molecule has 3 aromatic rings. The van der Waals surface area contributed by atoms with Crippen LogP contribution in [-0.2, 0) is 11.3 Å². The number of carbonyl (C=O) groups is 1. The van der Waals surface area contributed by atoms with E-state index < -0.39 is 0 Å². The van der Waals surface area contributed by atoms with E-state index in [-0.39, 0.29) is 11.9 Å². The zero-order valence-electron chi connectivity index (χ0n) is 12.8. The van der Waals surface area contributed by atoms with Crippen molar-refractivity contribution in [3.8, 4) is 0 Å². The molecule has 0 bridgehead atoms. The molecule has 0 fully saturated rings. The van der Waals surface area contributed by atoms with Crippen LogP contribution in [0.25, 0.3) is 11.0 Å². The van der Waals surface area contributed by atoms with Crippen molar-refractivity contribution < 1.29 is 4.79 Å². The molecule has 4 rings (SSSR count). The number of rotatable bonds is 3. The quantitative estimate of drug-likeness (QED) is 0.803. The van der Waals surface area contributed by atoms with Crippen LogP contribution in [0.1, 0.15) is 18.7 Å². The van der Waals surface area contributed by atoms with Crippen LogP contribution in [0.3, 0.4) is 0 Å². The SMILES string of the molecule is CC1c2cccn2CCN1CC(=O)Nc1cccc2nsnc12. The summed E-state index contributed by atoms with van der Waals surface area (Å²) in [5.41, 5.74) is 3.56. The third kappa shape index (κ3) is 2.62. The predicted octanol–water partition coefficient (Wildman–Crippen LogP) is 2.51. The lowest BCUT2D eigenvalue weighted by Crippen LogP contribution is -2.41. The van der Waals surface area contributed by atoms with E-state index in [0.29, 0.717) is 6.54 Å². The Labute approximate surface area is 138 Å². The second kappa shape index (κ2) is 5.75. The van der Waals surface area contributed by atoms with Gasteiger partial charge >= 0.3 is 0 Å². The molecule has 3 heterocycles. The molecule has 1 N–H and O–H groups in total. The number of nitrogens with one attached hydrogen (secondary N) is 1. The molecule has 0 saturated carbocycles. The lowest BCUT2D eigenvalue weighted by Gasteiger charge is -2.34. The van der Waals surface area contributed by atoms with E-state index in [0.717, 1.165) is 41.5 Å². The highest BCUT2D eigenvalue weighted by atomic mass is 32.1. The molecular weight excluding hydrogens is 310 g/mol. The molecule has 0 radical (unpaired) electrons. The predicted molar refractivity (Wildman–Crippen MR) is 90.5 cm³/mol. The standard InChI is InChI=1S/C16H17N5OS/c1-11-14-6-3-7-20(14)8-9-21(11)10-15(22)17-12-4-2-5-13-16(12)19-23-18-13/h2-7,11H,8-10H2,1H3,(H,17,22). The highest BCUT2D eigenvalue weighted by Gasteiger charge is 2.25. The van der Waals surface area contributed by atoms with Crippen molar-refractivity contribution in [1.29, 1.82) is 0 Å². The fourth-order valence-corrected chi connectivity index (χ4v) is 3.67. The lowest BCUT2D eigenvalue weighted by molar-refractivity contribution is -0.118. The maximum absolute atomic E-state index is 12.4. The normalized spacial score (nSPS) is 18.0. The van der Waals surface area contributed by atoms with Gasteiger partial charge in [-0.05, 0) is 31.2 Å². The van der Waals surface area contributed by atoms with Crippen molar-refractivity contribution in [2.75, 3.05) is 18.4 Å². The smallest absolute Gasteiger partial charge is 0.238 e. The van der Waals surface area contributed by atoms with E-state index >= 15 is 0 Å². The van der Waals surface area contributed by atoms with Gasteiger partial charge in [0.1, 0.15) is 11.0 Å². The minimum atomic E-state index is -0.0163. The van der Waals surface area contributed by atoms with Gasteiger partial charge in [-0.15, -0.1) is 0 Å². The average Bonchev–Trinajstić information content (AvgIpc) is 3.19. The van der Waals surface area contributed by atoms with Crippen molar-refractivity contribution in [3.63, 3.8) is 0 Å². The Morgan fingerprint density at radius 2 is 2.22 bits per heavy atom. The molecule has 7 heteroatoms. The molecule has 1 atom stereocenters. The minimum Gasteiger partial charge on any atom is -0.349 e. The summed E-state index contributed by atoms with van der Waals surface area (Å²) in [6, 6.07) is 10.1. The van der Waals surface area contributed by atoms with Crippen molar-refractivity contribution in [2.45, 2.75) is 19.5 Å². The number of hydrogen-bond acceptors (Lipinski definition) is 5. The number of nitrogens with zero attached hydrogens (tertiary/aromatic N) is 4. The molecule has 1 aliphatic rings. The molecule has 6 nitrogen and oxygen atoms in total. The van der Waals surface area contributed by atoms with Gasteiger partial charge in [-0.2, -0.15) is 8.75 Å². The fraction of sp³-hybridized carbons (Fsp3) is 0.312. The van der Waals surface area contributed by atoms with E-state index in [9.17, 15) is 4.79 Å². The number of fused-ring (bicyclic) bond motifs is 2.